The summed E-state index contributed by atoms with van der Waals surface area (Å²) in [7, 11) is -2.79. The highest BCUT2D eigenvalue weighted by Crippen LogP contribution is 2.32. The van der Waals surface area contributed by atoms with Crippen LogP contribution in [0.25, 0.3) is 0 Å². The summed E-state index contributed by atoms with van der Waals surface area (Å²) < 4.78 is 22.9. The molecule has 0 saturated carbocycles. The average molecular weight is 265 g/mol. The molecule has 3 rings (SSSR count). The van der Waals surface area contributed by atoms with Crippen LogP contribution in [0.15, 0.2) is 18.2 Å². The SMILES string of the molecule is Cc1ccc2c(c1)C(NC1CCS(=O)(=O)C1)CC2. The van der Waals surface area contributed by atoms with Gasteiger partial charge in [-0.3, -0.25) is 0 Å². The minimum atomic E-state index is -2.79. The summed E-state index contributed by atoms with van der Waals surface area (Å²) in [6.45, 7) is 2.11. The van der Waals surface area contributed by atoms with Gasteiger partial charge in [0.25, 0.3) is 0 Å². The highest BCUT2D eigenvalue weighted by Gasteiger charge is 2.31. The standard InChI is InChI=1S/C14H19NO2S/c1-10-2-3-11-4-5-14(13(11)8-10)15-12-6-7-18(16,17)9-12/h2-3,8,12,14-15H,4-7,9H2,1H3. The van der Waals surface area contributed by atoms with Crippen molar-refractivity contribution in [2.45, 2.75) is 38.3 Å². The zero-order valence-electron chi connectivity index (χ0n) is 10.6. The number of benzene rings is 1. The van der Waals surface area contributed by atoms with E-state index in [0.29, 0.717) is 17.5 Å². The number of aryl methyl sites for hydroxylation is 2. The van der Waals surface area contributed by atoms with E-state index in [0.717, 1.165) is 19.3 Å². The van der Waals surface area contributed by atoms with Crippen LogP contribution in [0.3, 0.4) is 0 Å². The van der Waals surface area contributed by atoms with Gasteiger partial charge in [-0.2, -0.15) is 0 Å². The van der Waals surface area contributed by atoms with Gasteiger partial charge < -0.3 is 5.32 Å². The van der Waals surface area contributed by atoms with Crippen molar-refractivity contribution in [2.75, 3.05) is 11.5 Å². The van der Waals surface area contributed by atoms with Crippen LogP contribution < -0.4 is 5.32 Å². The topological polar surface area (TPSA) is 46.2 Å². The first-order valence-electron chi connectivity index (χ1n) is 6.59. The van der Waals surface area contributed by atoms with Crippen molar-refractivity contribution in [1.82, 2.24) is 5.32 Å². The molecule has 2 atom stereocenters. The summed E-state index contributed by atoms with van der Waals surface area (Å²) in [5, 5.41) is 3.54. The lowest BCUT2D eigenvalue weighted by atomic mass is 10.0. The molecule has 4 heteroatoms. The lowest BCUT2D eigenvalue weighted by Crippen LogP contribution is -2.32. The Morgan fingerprint density at radius 1 is 1.28 bits per heavy atom. The highest BCUT2D eigenvalue weighted by atomic mass is 32.2. The van der Waals surface area contributed by atoms with Crippen LogP contribution in [0.2, 0.25) is 0 Å². The monoisotopic (exact) mass is 265 g/mol. The third-order valence-corrected chi connectivity index (χ3v) is 5.82. The minimum absolute atomic E-state index is 0.145. The molecule has 1 heterocycles. The van der Waals surface area contributed by atoms with Gasteiger partial charge in [-0.15, -0.1) is 0 Å². The molecule has 2 unspecified atom stereocenters. The van der Waals surface area contributed by atoms with Crippen molar-refractivity contribution >= 4 is 9.84 Å². The second-order valence-electron chi connectivity index (χ2n) is 5.56. The quantitative estimate of drug-likeness (QED) is 0.886. The first kappa shape index (κ1) is 12.2. The maximum Gasteiger partial charge on any atom is 0.151 e. The third-order valence-electron chi connectivity index (χ3n) is 4.05. The number of rotatable bonds is 2. The van der Waals surface area contributed by atoms with E-state index in [-0.39, 0.29) is 6.04 Å². The lowest BCUT2D eigenvalue weighted by molar-refractivity contribution is 0.458. The first-order valence-corrected chi connectivity index (χ1v) is 8.41. The molecule has 18 heavy (non-hydrogen) atoms. The molecular formula is C14H19NO2S. The van der Waals surface area contributed by atoms with E-state index in [1.807, 2.05) is 0 Å². The van der Waals surface area contributed by atoms with Crippen molar-refractivity contribution in [1.29, 1.82) is 0 Å². The molecule has 0 spiro atoms. The Kier molecular flexibility index (Phi) is 2.94. The van der Waals surface area contributed by atoms with E-state index < -0.39 is 9.84 Å². The Labute approximate surface area is 109 Å². The third kappa shape index (κ3) is 2.31. The van der Waals surface area contributed by atoms with Crippen LogP contribution in [-0.2, 0) is 16.3 Å². The number of nitrogens with one attached hydrogen (secondary N) is 1. The number of fused-ring (bicyclic) bond motifs is 1. The normalized spacial score (nSPS) is 29.4. The summed E-state index contributed by atoms with van der Waals surface area (Å²) in [6.07, 6.45) is 2.96. The fraction of sp³-hybridized carbons (Fsp3) is 0.571. The van der Waals surface area contributed by atoms with Crippen molar-refractivity contribution in [2.24, 2.45) is 0 Å². The molecule has 1 aliphatic heterocycles. The Balaban J connectivity index is 1.75. The van der Waals surface area contributed by atoms with Crippen LogP contribution in [-0.4, -0.2) is 26.0 Å². The molecule has 3 nitrogen and oxygen atoms in total. The second-order valence-corrected chi connectivity index (χ2v) is 7.79. The first-order chi connectivity index (χ1) is 8.53. The van der Waals surface area contributed by atoms with E-state index in [1.165, 1.54) is 16.7 Å². The molecule has 0 aromatic heterocycles. The van der Waals surface area contributed by atoms with E-state index in [9.17, 15) is 8.42 Å². The Morgan fingerprint density at radius 2 is 2.11 bits per heavy atom. The van der Waals surface area contributed by atoms with E-state index >= 15 is 0 Å². The molecule has 1 aromatic rings. The van der Waals surface area contributed by atoms with Crippen molar-refractivity contribution in [3.05, 3.63) is 34.9 Å². The maximum atomic E-state index is 11.5. The van der Waals surface area contributed by atoms with Crippen LogP contribution in [0.4, 0.5) is 0 Å². The van der Waals surface area contributed by atoms with E-state index in [1.54, 1.807) is 0 Å². The molecule has 1 aliphatic carbocycles. The van der Waals surface area contributed by atoms with Gasteiger partial charge in [0.2, 0.25) is 0 Å². The Bertz CT molecular complexity index is 565. The maximum absolute atomic E-state index is 11.5. The van der Waals surface area contributed by atoms with Gasteiger partial charge in [-0.25, -0.2) is 8.42 Å². The zero-order valence-corrected chi connectivity index (χ0v) is 11.5. The smallest absolute Gasteiger partial charge is 0.151 e. The van der Waals surface area contributed by atoms with Gasteiger partial charge in [0.1, 0.15) is 0 Å². The summed E-state index contributed by atoms with van der Waals surface area (Å²) in [5.41, 5.74) is 4.07. The fourth-order valence-corrected chi connectivity index (χ4v) is 4.79. The molecule has 2 aliphatic rings. The average Bonchev–Trinajstić information content (AvgIpc) is 2.84. The molecule has 1 N–H and O–H groups in total. The number of hydrogen-bond donors (Lipinski definition) is 1. The Hall–Kier alpha value is -0.870. The molecular weight excluding hydrogens is 246 g/mol. The van der Waals surface area contributed by atoms with Crippen molar-refractivity contribution in [3.63, 3.8) is 0 Å². The van der Waals surface area contributed by atoms with Gasteiger partial charge >= 0.3 is 0 Å². The van der Waals surface area contributed by atoms with Crippen LogP contribution in [0.1, 0.15) is 35.6 Å². The Morgan fingerprint density at radius 3 is 2.83 bits per heavy atom. The molecule has 1 saturated heterocycles. The predicted molar refractivity (Wildman–Crippen MR) is 72.4 cm³/mol. The van der Waals surface area contributed by atoms with Crippen LogP contribution >= 0.6 is 0 Å². The molecule has 98 valence electrons. The minimum Gasteiger partial charge on any atom is -0.306 e. The molecule has 0 amide bonds. The number of sulfone groups is 1. The zero-order chi connectivity index (χ0) is 12.8. The van der Waals surface area contributed by atoms with Gasteiger partial charge in [0.15, 0.2) is 9.84 Å². The molecule has 1 aromatic carbocycles. The highest BCUT2D eigenvalue weighted by molar-refractivity contribution is 7.91. The van der Waals surface area contributed by atoms with E-state index in [2.05, 4.69) is 30.4 Å². The van der Waals surface area contributed by atoms with Crippen LogP contribution in [0, 0.1) is 6.92 Å². The molecule has 0 radical (unpaired) electrons. The fourth-order valence-electron chi connectivity index (χ4n) is 3.11. The molecule has 0 bridgehead atoms. The van der Waals surface area contributed by atoms with Crippen molar-refractivity contribution in [3.8, 4) is 0 Å². The lowest BCUT2D eigenvalue weighted by Gasteiger charge is -2.19. The van der Waals surface area contributed by atoms with Gasteiger partial charge in [-0.1, -0.05) is 23.8 Å². The van der Waals surface area contributed by atoms with Gasteiger partial charge in [0, 0.05) is 12.1 Å². The second kappa shape index (κ2) is 4.35. The molecule has 1 fully saturated rings. The summed E-state index contributed by atoms with van der Waals surface area (Å²) >= 11 is 0. The van der Waals surface area contributed by atoms with Gasteiger partial charge in [0.05, 0.1) is 11.5 Å². The largest absolute Gasteiger partial charge is 0.306 e. The summed E-state index contributed by atoms with van der Waals surface area (Å²) in [5.74, 6) is 0.655. The predicted octanol–water partition coefficient (Wildman–Crippen LogP) is 1.76. The summed E-state index contributed by atoms with van der Waals surface area (Å²) in [6, 6.07) is 7.09. The van der Waals surface area contributed by atoms with Gasteiger partial charge in [-0.05, 0) is 37.3 Å². The van der Waals surface area contributed by atoms with Crippen molar-refractivity contribution < 1.29 is 8.42 Å². The summed E-state index contributed by atoms with van der Waals surface area (Å²) in [4.78, 5) is 0. The number of hydrogen-bond acceptors (Lipinski definition) is 3. The van der Waals surface area contributed by atoms with E-state index in [4.69, 9.17) is 0 Å². The van der Waals surface area contributed by atoms with Crippen LogP contribution in [0.5, 0.6) is 0 Å².